The molecule has 0 aromatic carbocycles. The number of nitrogens with zero attached hydrogens (tertiary/aromatic N) is 1. The van der Waals surface area contributed by atoms with E-state index in [2.05, 4.69) is 15.9 Å². The first-order chi connectivity index (χ1) is 3.31. The van der Waals surface area contributed by atoms with Crippen molar-refractivity contribution < 1.29 is 4.39 Å². The molecule has 0 aromatic heterocycles. The Hall–Kier alpha value is -0.100. The van der Waals surface area contributed by atoms with E-state index in [0.717, 1.165) is 0 Å². The highest BCUT2D eigenvalue weighted by Crippen LogP contribution is 1.98. The van der Waals surface area contributed by atoms with E-state index in [1.165, 1.54) is 0 Å². The molecule has 0 aliphatic rings. The Labute approximate surface area is 50.3 Å². The Bertz CT molecular complexity index is 78.2. The molecule has 0 rings (SSSR count). The van der Waals surface area contributed by atoms with Gasteiger partial charge in [0.15, 0.2) is 0 Å². The van der Waals surface area contributed by atoms with Crippen LogP contribution in [0.3, 0.4) is 0 Å². The van der Waals surface area contributed by atoms with Crippen LogP contribution in [0.15, 0.2) is 0 Å². The van der Waals surface area contributed by atoms with Crippen molar-refractivity contribution in [3.63, 3.8) is 0 Å². The number of nitriles is 1. The quantitative estimate of drug-likeness (QED) is 0.572. The first-order valence-electron chi connectivity index (χ1n) is 1.88. The third-order valence-corrected chi connectivity index (χ3v) is 1.18. The van der Waals surface area contributed by atoms with E-state index in [9.17, 15) is 4.39 Å². The number of alkyl halides is 2. The smallest absolute Gasteiger partial charge is 0.123 e. The highest BCUT2D eigenvalue weighted by molar-refractivity contribution is 9.09. The van der Waals surface area contributed by atoms with Crippen LogP contribution in [0.25, 0.3) is 0 Å². The van der Waals surface area contributed by atoms with Gasteiger partial charge in [-0.3, -0.25) is 0 Å². The van der Waals surface area contributed by atoms with Crippen LogP contribution in [0.1, 0.15) is 6.42 Å². The summed E-state index contributed by atoms with van der Waals surface area (Å²) in [5, 5.41) is 8.12. The third-order valence-electron chi connectivity index (χ3n) is 0.480. The van der Waals surface area contributed by atoms with Crippen LogP contribution in [0, 0.1) is 11.3 Å². The minimum atomic E-state index is -0.995. The van der Waals surface area contributed by atoms with Crippen LogP contribution >= 0.6 is 15.9 Å². The lowest BCUT2D eigenvalue weighted by Gasteiger charge is -1.91. The zero-order valence-corrected chi connectivity index (χ0v) is 5.28. The molecule has 0 heterocycles. The first kappa shape index (κ1) is 6.90. The fraction of sp³-hybridized carbons (Fsp3) is 0.750. The summed E-state index contributed by atoms with van der Waals surface area (Å²) in [6.45, 7) is 0. The lowest BCUT2D eigenvalue weighted by molar-refractivity contribution is 0.376. The molecule has 0 aliphatic heterocycles. The van der Waals surface area contributed by atoms with Gasteiger partial charge >= 0.3 is 0 Å². The molecule has 0 spiro atoms. The summed E-state index contributed by atoms with van der Waals surface area (Å²) in [5.74, 6) is 0. The summed E-state index contributed by atoms with van der Waals surface area (Å²) in [6.07, 6.45) is -1.00. The Balaban J connectivity index is 3.03. The van der Waals surface area contributed by atoms with E-state index >= 15 is 0 Å². The molecule has 0 saturated carbocycles. The van der Waals surface area contributed by atoms with E-state index < -0.39 is 6.17 Å². The monoisotopic (exact) mass is 165 g/mol. The second kappa shape index (κ2) is 4.07. The first-order valence-corrected chi connectivity index (χ1v) is 3.00. The summed E-state index contributed by atoms with van der Waals surface area (Å²) < 4.78 is 11.9. The van der Waals surface area contributed by atoms with E-state index in [1.54, 1.807) is 6.07 Å². The van der Waals surface area contributed by atoms with E-state index in [-0.39, 0.29) is 11.8 Å². The molecule has 0 amide bonds. The SMILES string of the molecule is N#CC[C@@H](F)CBr. The van der Waals surface area contributed by atoms with Crippen molar-refractivity contribution in [2.45, 2.75) is 12.6 Å². The summed E-state index contributed by atoms with van der Waals surface area (Å²) in [5.41, 5.74) is 0. The maximum atomic E-state index is 11.9. The van der Waals surface area contributed by atoms with Gasteiger partial charge < -0.3 is 0 Å². The summed E-state index contributed by atoms with van der Waals surface area (Å²) in [7, 11) is 0. The minimum Gasteiger partial charge on any atom is -0.245 e. The molecule has 40 valence electrons. The normalized spacial score (nSPS) is 12.7. The molecule has 1 nitrogen and oxygen atoms in total. The average molecular weight is 166 g/mol. The molecule has 7 heavy (non-hydrogen) atoms. The number of hydrogen-bond donors (Lipinski definition) is 0. The summed E-state index contributed by atoms with van der Waals surface area (Å²) in [4.78, 5) is 0. The van der Waals surface area contributed by atoms with Gasteiger partial charge in [0.05, 0.1) is 12.5 Å². The van der Waals surface area contributed by atoms with Gasteiger partial charge in [-0.1, -0.05) is 15.9 Å². The summed E-state index contributed by atoms with van der Waals surface area (Å²) >= 11 is 2.89. The summed E-state index contributed by atoms with van der Waals surface area (Å²) in [6, 6.07) is 1.71. The maximum absolute atomic E-state index is 11.9. The van der Waals surface area contributed by atoms with Crippen molar-refractivity contribution in [2.24, 2.45) is 0 Å². The van der Waals surface area contributed by atoms with E-state index in [1.807, 2.05) is 0 Å². The van der Waals surface area contributed by atoms with Crippen molar-refractivity contribution in [1.29, 1.82) is 5.26 Å². The molecule has 0 unspecified atom stereocenters. The number of halogens is 2. The number of rotatable bonds is 2. The average Bonchev–Trinajstić information content (AvgIpc) is 1.68. The predicted molar refractivity (Wildman–Crippen MR) is 28.9 cm³/mol. The second-order valence-corrected chi connectivity index (χ2v) is 1.76. The van der Waals surface area contributed by atoms with Crippen molar-refractivity contribution in [3.8, 4) is 6.07 Å². The molecule has 0 bridgehead atoms. The molecule has 0 fully saturated rings. The molecule has 1 atom stereocenters. The number of hydrogen-bond acceptors (Lipinski definition) is 1. The van der Waals surface area contributed by atoms with Crippen LogP contribution < -0.4 is 0 Å². The zero-order chi connectivity index (χ0) is 5.70. The highest BCUT2D eigenvalue weighted by atomic mass is 79.9. The van der Waals surface area contributed by atoms with Crippen LogP contribution in [0.2, 0.25) is 0 Å². The van der Waals surface area contributed by atoms with Gasteiger partial charge in [0.1, 0.15) is 6.17 Å². The standard InChI is InChI=1S/C4H5BrFN/c5-3-4(6)1-2-7/h4H,1,3H2/t4-/m1/s1. The maximum Gasteiger partial charge on any atom is 0.123 e. The molecule has 0 saturated heterocycles. The molecule has 0 N–H and O–H groups in total. The molecule has 0 aromatic rings. The van der Waals surface area contributed by atoms with Crippen LogP contribution in [-0.4, -0.2) is 11.5 Å². The van der Waals surface area contributed by atoms with Gasteiger partial charge in [-0.25, -0.2) is 4.39 Å². The van der Waals surface area contributed by atoms with Crippen LogP contribution in [0.5, 0.6) is 0 Å². The van der Waals surface area contributed by atoms with Crippen LogP contribution in [-0.2, 0) is 0 Å². The fourth-order valence-corrected chi connectivity index (χ4v) is 0.383. The Morgan fingerprint density at radius 3 is 2.57 bits per heavy atom. The molecule has 3 heteroatoms. The Kier molecular flexibility index (Phi) is 4.01. The van der Waals surface area contributed by atoms with Gasteiger partial charge in [-0.15, -0.1) is 0 Å². The van der Waals surface area contributed by atoms with Crippen LogP contribution in [0.4, 0.5) is 4.39 Å². The van der Waals surface area contributed by atoms with Crippen molar-refractivity contribution >= 4 is 15.9 Å². The van der Waals surface area contributed by atoms with E-state index in [0.29, 0.717) is 0 Å². The lowest BCUT2D eigenvalue weighted by Crippen LogP contribution is -1.97. The Morgan fingerprint density at radius 1 is 1.86 bits per heavy atom. The lowest BCUT2D eigenvalue weighted by atomic mass is 10.3. The highest BCUT2D eigenvalue weighted by Gasteiger charge is 1.99. The molecular weight excluding hydrogens is 161 g/mol. The van der Waals surface area contributed by atoms with Crippen molar-refractivity contribution in [2.75, 3.05) is 5.33 Å². The van der Waals surface area contributed by atoms with Gasteiger partial charge in [-0.05, 0) is 0 Å². The topological polar surface area (TPSA) is 23.8 Å². The third kappa shape index (κ3) is 3.74. The van der Waals surface area contributed by atoms with E-state index in [4.69, 9.17) is 5.26 Å². The van der Waals surface area contributed by atoms with Crippen molar-refractivity contribution in [3.05, 3.63) is 0 Å². The largest absolute Gasteiger partial charge is 0.245 e. The molecule has 0 radical (unpaired) electrons. The van der Waals surface area contributed by atoms with Gasteiger partial charge in [-0.2, -0.15) is 5.26 Å². The van der Waals surface area contributed by atoms with Gasteiger partial charge in [0.25, 0.3) is 0 Å². The molecular formula is C4H5BrFN. The Morgan fingerprint density at radius 2 is 2.43 bits per heavy atom. The van der Waals surface area contributed by atoms with Crippen molar-refractivity contribution in [1.82, 2.24) is 0 Å². The zero-order valence-electron chi connectivity index (χ0n) is 3.69. The van der Waals surface area contributed by atoms with Gasteiger partial charge in [0, 0.05) is 5.33 Å². The minimum absolute atomic E-state index is 0.00868. The van der Waals surface area contributed by atoms with Gasteiger partial charge in [0.2, 0.25) is 0 Å². The molecule has 0 aliphatic carbocycles. The second-order valence-electron chi connectivity index (χ2n) is 1.11. The fourth-order valence-electron chi connectivity index (χ4n) is 0.154. The predicted octanol–water partition coefficient (Wildman–Crippen LogP) is 1.63.